The lowest BCUT2D eigenvalue weighted by atomic mass is 10.2. The van der Waals surface area contributed by atoms with Crippen LogP contribution in [0.5, 0.6) is 0 Å². The number of fused-ring (bicyclic) bond motifs is 1. The van der Waals surface area contributed by atoms with E-state index in [9.17, 15) is 4.79 Å². The molecule has 5 nitrogen and oxygen atoms in total. The lowest BCUT2D eigenvalue weighted by Crippen LogP contribution is -2.22. The van der Waals surface area contributed by atoms with E-state index < -0.39 is 0 Å². The minimum Gasteiger partial charge on any atom is -0.469 e. The number of aryl methyl sites for hydroxylation is 1. The number of para-hydroxylation sites is 1. The van der Waals surface area contributed by atoms with E-state index in [2.05, 4.69) is 9.97 Å². The Morgan fingerprint density at radius 3 is 2.85 bits per heavy atom. The Kier molecular flexibility index (Phi) is 3.02. The highest BCUT2D eigenvalue weighted by atomic mass is 16.3. The molecular weight excluding hydrogens is 254 g/mol. The molecule has 2 heterocycles. The van der Waals surface area contributed by atoms with Crippen molar-refractivity contribution in [2.24, 2.45) is 0 Å². The van der Waals surface area contributed by atoms with Crippen LogP contribution in [0, 0.1) is 6.92 Å². The van der Waals surface area contributed by atoms with Crippen LogP contribution in [0.3, 0.4) is 0 Å². The maximum absolute atomic E-state index is 12.0. The molecule has 5 heteroatoms. The van der Waals surface area contributed by atoms with E-state index >= 15 is 0 Å². The van der Waals surface area contributed by atoms with Gasteiger partial charge >= 0.3 is 0 Å². The molecule has 0 saturated heterocycles. The van der Waals surface area contributed by atoms with Gasteiger partial charge in [0.2, 0.25) is 5.95 Å². The van der Waals surface area contributed by atoms with Crippen molar-refractivity contribution in [3.8, 4) is 0 Å². The lowest BCUT2D eigenvalue weighted by molar-refractivity contribution is 0.529. The van der Waals surface area contributed by atoms with Gasteiger partial charge in [0.1, 0.15) is 5.76 Å². The fraction of sp³-hybridized carbons (Fsp3) is 0.200. The number of anilines is 1. The highest BCUT2D eigenvalue weighted by molar-refractivity contribution is 5.78. The van der Waals surface area contributed by atoms with Gasteiger partial charge in [-0.25, -0.2) is 4.98 Å². The summed E-state index contributed by atoms with van der Waals surface area (Å²) in [4.78, 5) is 21.2. The number of hydrogen-bond donors (Lipinski definition) is 1. The van der Waals surface area contributed by atoms with Crippen molar-refractivity contribution in [2.45, 2.75) is 13.5 Å². The number of benzene rings is 1. The van der Waals surface area contributed by atoms with Crippen LogP contribution in [0.25, 0.3) is 10.9 Å². The summed E-state index contributed by atoms with van der Waals surface area (Å²) in [5.74, 6) is 1.43. The molecule has 0 spiro atoms. The Morgan fingerprint density at radius 2 is 2.10 bits per heavy atom. The predicted molar refractivity (Wildman–Crippen MR) is 77.9 cm³/mol. The van der Waals surface area contributed by atoms with Crippen LogP contribution in [-0.4, -0.2) is 17.0 Å². The van der Waals surface area contributed by atoms with Crippen molar-refractivity contribution >= 4 is 16.9 Å². The predicted octanol–water partition coefficient (Wildman–Crippen LogP) is 2.46. The van der Waals surface area contributed by atoms with E-state index in [1.54, 1.807) is 12.3 Å². The van der Waals surface area contributed by atoms with Crippen molar-refractivity contribution in [1.29, 1.82) is 0 Å². The van der Waals surface area contributed by atoms with Crippen LogP contribution in [0.2, 0.25) is 0 Å². The summed E-state index contributed by atoms with van der Waals surface area (Å²) in [6, 6.07) is 9.23. The summed E-state index contributed by atoms with van der Waals surface area (Å²) in [5.41, 5.74) is 1.65. The average molecular weight is 269 g/mol. The second kappa shape index (κ2) is 4.85. The first-order valence-electron chi connectivity index (χ1n) is 6.38. The van der Waals surface area contributed by atoms with E-state index in [0.29, 0.717) is 23.4 Å². The molecule has 0 amide bonds. The quantitative estimate of drug-likeness (QED) is 0.793. The Labute approximate surface area is 115 Å². The highest BCUT2D eigenvalue weighted by Crippen LogP contribution is 2.15. The van der Waals surface area contributed by atoms with E-state index in [-0.39, 0.29) is 5.56 Å². The number of hydrogen-bond acceptors (Lipinski definition) is 4. The van der Waals surface area contributed by atoms with Crippen molar-refractivity contribution in [3.05, 3.63) is 58.3 Å². The molecule has 102 valence electrons. The topological polar surface area (TPSA) is 62.1 Å². The zero-order valence-electron chi connectivity index (χ0n) is 11.4. The van der Waals surface area contributed by atoms with Gasteiger partial charge in [-0.15, -0.1) is 0 Å². The van der Waals surface area contributed by atoms with Crippen LogP contribution < -0.4 is 10.5 Å². The molecule has 3 rings (SSSR count). The maximum atomic E-state index is 12.0. The fourth-order valence-corrected chi connectivity index (χ4v) is 2.16. The third kappa shape index (κ3) is 2.18. The number of rotatable bonds is 3. The zero-order valence-corrected chi connectivity index (χ0v) is 11.4. The molecule has 0 saturated carbocycles. The molecule has 3 aromatic rings. The zero-order chi connectivity index (χ0) is 14.1. The van der Waals surface area contributed by atoms with Gasteiger partial charge in [-0.05, 0) is 25.1 Å². The van der Waals surface area contributed by atoms with Crippen molar-refractivity contribution in [1.82, 2.24) is 9.97 Å². The average Bonchev–Trinajstić information content (AvgIpc) is 2.84. The standard InChI is InChI=1S/C15H15N3O2/c1-10-11(7-8-20-10)9-18(2)15-16-13-6-4-3-5-12(13)14(19)17-15/h3-8H,9H2,1-2H3,(H,16,17,19). The van der Waals surface area contributed by atoms with Crippen LogP contribution in [0.1, 0.15) is 11.3 Å². The van der Waals surface area contributed by atoms with Crippen molar-refractivity contribution in [3.63, 3.8) is 0 Å². The maximum Gasteiger partial charge on any atom is 0.260 e. The van der Waals surface area contributed by atoms with Crippen molar-refractivity contribution in [2.75, 3.05) is 11.9 Å². The third-order valence-corrected chi connectivity index (χ3v) is 3.34. The summed E-state index contributed by atoms with van der Waals surface area (Å²) < 4.78 is 5.28. The summed E-state index contributed by atoms with van der Waals surface area (Å²) >= 11 is 0. The van der Waals surface area contributed by atoms with E-state index in [4.69, 9.17) is 4.42 Å². The summed E-state index contributed by atoms with van der Waals surface area (Å²) in [5, 5.41) is 0.601. The summed E-state index contributed by atoms with van der Waals surface area (Å²) in [6.07, 6.45) is 1.66. The first kappa shape index (κ1) is 12.5. The Bertz CT molecular complexity index is 804. The van der Waals surface area contributed by atoms with Gasteiger partial charge in [0, 0.05) is 19.2 Å². The Balaban J connectivity index is 1.98. The van der Waals surface area contributed by atoms with Crippen molar-refractivity contribution < 1.29 is 4.42 Å². The number of nitrogens with one attached hydrogen (secondary N) is 1. The Morgan fingerprint density at radius 1 is 1.30 bits per heavy atom. The molecule has 0 fully saturated rings. The van der Waals surface area contributed by atoms with E-state index in [1.165, 1.54) is 0 Å². The second-order valence-corrected chi connectivity index (χ2v) is 4.76. The van der Waals surface area contributed by atoms with Crippen LogP contribution in [-0.2, 0) is 6.54 Å². The third-order valence-electron chi connectivity index (χ3n) is 3.34. The fourth-order valence-electron chi connectivity index (χ4n) is 2.16. The first-order valence-corrected chi connectivity index (χ1v) is 6.38. The molecule has 0 aliphatic rings. The first-order chi connectivity index (χ1) is 9.65. The molecule has 0 aliphatic carbocycles. The molecule has 20 heavy (non-hydrogen) atoms. The Hall–Kier alpha value is -2.56. The van der Waals surface area contributed by atoms with Gasteiger partial charge in [0.15, 0.2) is 0 Å². The van der Waals surface area contributed by atoms with Gasteiger partial charge in [-0.3, -0.25) is 9.78 Å². The minimum absolute atomic E-state index is 0.124. The van der Waals surface area contributed by atoms with Gasteiger partial charge in [0.25, 0.3) is 5.56 Å². The van der Waals surface area contributed by atoms with Gasteiger partial charge in [-0.1, -0.05) is 12.1 Å². The van der Waals surface area contributed by atoms with Gasteiger partial charge < -0.3 is 9.32 Å². The number of aromatic amines is 1. The smallest absolute Gasteiger partial charge is 0.260 e. The number of H-pyrrole nitrogens is 1. The van der Waals surface area contributed by atoms with E-state index in [0.717, 1.165) is 11.3 Å². The SMILES string of the molecule is Cc1occc1CN(C)c1nc2ccccc2c(=O)[nH]1. The normalized spacial score (nSPS) is 10.9. The molecule has 0 aliphatic heterocycles. The van der Waals surface area contributed by atoms with Crippen LogP contribution in [0.15, 0.2) is 45.8 Å². The minimum atomic E-state index is -0.124. The number of nitrogens with zero attached hydrogens (tertiary/aromatic N) is 2. The lowest BCUT2D eigenvalue weighted by Gasteiger charge is -2.17. The monoisotopic (exact) mass is 269 g/mol. The molecule has 1 N–H and O–H groups in total. The second-order valence-electron chi connectivity index (χ2n) is 4.76. The molecule has 0 atom stereocenters. The molecular formula is C15H15N3O2. The summed E-state index contributed by atoms with van der Waals surface area (Å²) in [6.45, 7) is 2.54. The van der Waals surface area contributed by atoms with Gasteiger partial charge in [-0.2, -0.15) is 0 Å². The number of furan rings is 1. The highest BCUT2D eigenvalue weighted by Gasteiger charge is 2.10. The van der Waals surface area contributed by atoms with Crippen LogP contribution >= 0.6 is 0 Å². The van der Waals surface area contributed by atoms with Crippen LogP contribution in [0.4, 0.5) is 5.95 Å². The molecule has 0 bridgehead atoms. The molecule has 0 radical (unpaired) electrons. The summed E-state index contributed by atoms with van der Waals surface area (Å²) in [7, 11) is 1.89. The molecule has 2 aromatic heterocycles. The molecule has 0 unspecified atom stereocenters. The molecule has 1 aromatic carbocycles. The number of aromatic nitrogens is 2. The largest absolute Gasteiger partial charge is 0.469 e. The van der Waals surface area contributed by atoms with Gasteiger partial charge in [0.05, 0.1) is 17.2 Å². The van der Waals surface area contributed by atoms with E-state index in [1.807, 2.05) is 43.1 Å².